The second-order valence-electron chi connectivity index (χ2n) is 5.61. The number of nitrogens with one attached hydrogen (secondary N) is 1. The molecule has 3 heteroatoms. The highest BCUT2D eigenvalue weighted by Gasteiger charge is 2.37. The lowest BCUT2D eigenvalue weighted by atomic mass is 9.74. The van der Waals surface area contributed by atoms with Gasteiger partial charge in [0.05, 0.1) is 5.92 Å². The molecule has 0 saturated heterocycles. The lowest BCUT2D eigenvalue weighted by Crippen LogP contribution is -2.51. The highest BCUT2D eigenvalue weighted by atomic mass is 16.1. The Morgan fingerprint density at radius 1 is 1.39 bits per heavy atom. The zero-order valence-corrected chi connectivity index (χ0v) is 11.2. The van der Waals surface area contributed by atoms with Crippen molar-refractivity contribution in [3.63, 3.8) is 0 Å². The van der Waals surface area contributed by atoms with Crippen molar-refractivity contribution in [1.82, 2.24) is 0 Å². The van der Waals surface area contributed by atoms with Gasteiger partial charge in [-0.1, -0.05) is 31.0 Å². The quantitative estimate of drug-likeness (QED) is 0.843. The molecule has 1 aromatic carbocycles. The molecule has 18 heavy (non-hydrogen) atoms. The van der Waals surface area contributed by atoms with Gasteiger partial charge in [-0.05, 0) is 38.3 Å². The Morgan fingerprint density at radius 2 is 2.11 bits per heavy atom. The minimum atomic E-state index is -0.370. The third-order valence-corrected chi connectivity index (χ3v) is 3.97. The zero-order valence-electron chi connectivity index (χ0n) is 11.2. The summed E-state index contributed by atoms with van der Waals surface area (Å²) in [7, 11) is 0. The number of hydrogen-bond acceptors (Lipinski definition) is 2. The summed E-state index contributed by atoms with van der Waals surface area (Å²) in [5.41, 5.74) is 7.86. The highest BCUT2D eigenvalue weighted by Crippen LogP contribution is 2.32. The number of aryl methyl sites for hydroxylation is 1. The molecular weight excluding hydrogens is 224 g/mol. The average Bonchev–Trinajstić information content (AvgIpc) is 2.31. The van der Waals surface area contributed by atoms with Gasteiger partial charge in [-0.15, -0.1) is 0 Å². The summed E-state index contributed by atoms with van der Waals surface area (Å²) in [5, 5.41) is 3.02. The smallest absolute Gasteiger partial charge is 0.229 e. The molecule has 0 aliphatic heterocycles. The van der Waals surface area contributed by atoms with Gasteiger partial charge in [0.15, 0.2) is 0 Å². The van der Waals surface area contributed by atoms with Crippen molar-refractivity contribution in [3.05, 3.63) is 29.8 Å². The number of benzene rings is 1. The van der Waals surface area contributed by atoms with E-state index in [9.17, 15) is 4.79 Å². The SMILES string of the molecule is Cc1ccccc1NC(=O)C1CCCCC1(C)N. The van der Waals surface area contributed by atoms with Gasteiger partial charge in [0.25, 0.3) is 0 Å². The largest absolute Gasteiger partial charge is 0.326 e. The Balaban J connectivity index is 2.10. The highest BCUT2D eigenvalue weighted by molar-refractivity contribution is 5.94. The summed E-state index contributed by atoms with van der Waals surface area (Å²) in [6.45, 7) is 3.99. The molecule has 0 aromatic heterocycles. The van der Waals surface area contributed by atoms with Gasteiger partial charge in [0.2, 0.25) is 5.91 Å². The first-order chi connectivity index (χ1) is 8.50. The molecule has 1 aromatic rings. The first kappa shape index (κ1) is 13.1. The maximum atomic E-state index is 12.3. The summed E-state index contributed by atoms with van der Waals surface area (Å²) in [6.07, 6.45) is 4.05. The molecule has 1 fully saturated rings. The number of para-hydroxylation sites is 1. The molecule has 0 radical (unpaired) electrons. The summed E-state index contributed by atoms with van der Waals surface area (Å²) < 4.78 is 0. The number of amides is 1. The van der Waals surface area contributed by atoms with Gasteiger partial charge in [-0.25, -0.2) is 0 Å². The van der Waals surface area contributed by atoms with Gasteiger partial charge in [-0.2, -0.15) is 0 Å². The van der Waals surface area contributed by atoms with Crippen LogP contribution in [0.2, 0.25) is 0 Å². The molecule has 2 rings (SSSR count). The van der Waals surface area contributed by atoms with Crippen LogP contribution in [0.4, 0.5) is 5.69 Å². The van der Waals surface area contributed by atoms with Crippen molar-refractivity contribution >= 4 is 11.6 Å². The number of carbonyl (C=O) groups excluding carboxylic acids is 1. The van der Waals surface area contributed by atoms with Crippen LogP contribution in [0.3, 0.4) is 0 Å². The van der Waals surface area contributed by atoms with Crippen molar-refractivity contribution in [1.29, 1.82) is 0 Å². The molecule has 1 aliphatic rings. The van der Waals surface area contributed by atoms with E-state index < -0.39 is 0 Å². The maximum Gasteiger partial charge on any atom is 0.229 e. The minimum Gasteiger partial charge on any atom is -0.326 e. The van der Waals surface area contributed by atoms with Gasteiger partial charge >= 0.3 is 0 Å². The number of anilines is 1. The fourth-order valence-electron chi connectivity index (χ4n) is 2.72. The van der Waals surface area contributed by atoms with E-state index in [2.05, 4.69) is 5.32 Å². The van der Waals surface area contributed by atoms with Crippen molar-refractivity contribution in [3.8, 4) is 0 Å². The van der Waals surface area contributed by atoms with Gasteiger partial charge < -0.3 is 11.1 Å². The molecule has 3 N–H and O–H groups in total. The van der Waals surface area contributed by atoms with E-state index in [4.69, 9.17) is 5.73 Å². The van der Waals surface area contributed by atoms with Crippen LogP contribution in [0.25, 0.3) is 0 Å². The van der Waals surface area contributed by atoms with E-state index in [1.807, 2.05) is 38.1 Å². The normalized spacial score (nSPS) is 27.8. The van der Waals surface area contributed by atoms with E-state index in [1.54, 1.807) is 0 Å². The number of rotatable bonds is 2. The molecule has 2 unspecified atom stereocenters. The topological polar surface area (TPSA) is 55.1 Å². The van der Waals surface area contributed by atoms with Crippen LogP contribution in [0.5, 0.6) is 0 Å². The standard InChI is InChI=1S/C15H22N2O/c1-11-7-3-4-9-13(11)17-14(18)12-8-5-6-10-15(12,2)16/h3-4,7,9,12H,5-6,8,10,16H2,1-2H3,(H,17,18). The van der Waals surface area contributed by atoms with Crippen LogP contribution < -0.4 is 11.1 Å². The van der Waals surface area contributed by atoms with Crippen molar-refractivity contribution in [2.75, 3.05) is 5.32 Å². The molecule has 2 atom stereocenters. The van der Waals surface area contributed by atoms with E-state index in [0.29, 0.717) is 0 Å². The van der Waals surface area contributed by atoms with E-state index >= 15 is 0 Å². The Morgan fingerprint density at radius 3 is 2.78 bits per heavy atom. The van der Waals surface area contributed by atoms with E-state index in [0.717, 1.165) is 36.9 Å². The van der Waals surface area contributed by atoms with E-state index in [-0.39, 0.29) is 17.4 Å². The monoisotopic (exact) mass is 246 g/mol. The predicted molar refractivity (Wildman–Crippen MR) is 74.4 cm³/mol. The second-order valence-corrected chi connectivity index (χ2v) is 5.61. The molecule has 0 spiro atoms. The van der Waals surface area contributed by atoms with Crippen LogP contribution >= 0.6 is 0 Å². The molecule has 98 valence electrons. The zero-order chi connectivity index (χ0) is 13.2. The molecular formula is C15H22N2O. The molecule has 1 saturated carbocycles. The van der Waals surface area contributed by atoms with Crippen LogP contribution in [-0.4, -0.2) is 11.4 Å². The number of nitrogens with two attached hydrogens (primary N) is 1. The average molecular weight is 246 g/mol. The molecule has 1 amide bonds. The van der Waals surface area contributed by atoms with Gasteiger partial charge in [0, 0.05) is 11.2 Å². The summed E-state index contributed by atoms with van der Waals surface area (Å²) in [4.78, 5) is 12.3. The minimum absolute atomic E-state index is 0.0639. The van der Waals surface area contributed by atoms with Gasteiger partial charge in [-0.3, -0.25) is 4.79 Å². The predicted octanol–water partition coefficient (Wildman–Crippen LogP) is 2.84. The van der Waals surface area contributed by atoms with Crippen LogP contribution in [0, 0.1) is 12.8 Å². The fraction of sp³-hybridized carbons (Fsp3) is 0.533. The first-order valence-corrected chi connectivity index (χ1v) is 6.66. The Bertz CT molecular complexity index is 440. The molecule has 3 nitrogen and oxygen atoms in total. The Labute approximate surface area is 109 Å². The van der Waals surface area contributed by atoms with E-state index in [1.165, 1.54) is 0 Å². The van der Waals surface area contributed by atoms with Gasteiger partial charge in [0.1, 0.15) is 0 Å². The summed E-state index contributed by atoms with van der Waals surface area (Å²) in [5.74, 6) is -0.0140. The number of carbonyl (C=O) groups is 1. The molecule has 0 heterocycles. The van der Waals surface area contributed by atoms with Crippen LogP contribution in [0.1, 0.15) is 38.2 Å². The first-order valence-electron chi connectivity index (χ1n) is 6.66. The summed E-state index contributed by atoms with van der Waals surface area (Å²) in [6, 6.07) is 7.84. The third-order valence-electron chi connectivity index (χ3n) is 3.97. The van der Waals surface area contributed by atoms with Crippen molar-refractivity contribution < 1.29 is 4.79 Å². The molecule has 0 bridgehead atoms. The number of hydrogen-bond donors (Lipinski definition) is 2. The third kappa shape index (κ3) is 2.72. The Kier molecular flexibility index (Phi) is 3.71. The van der Waals surface area contributed by atoms with Crippen LogP contribution in [0.15, 0.2) is 24.3 Å². The fourth-order valence-corrected chi connectivity index (χ4v) is 2.72. The van der Waals surface area contributed by atoms with Crippen LogP contribution in [-0.2, 0) is 4.79 Å². The second kappa shape index (κ2) is 5.11. The summed E-state index contributed by atoms with van der Waals surface area (Å²) >= 11 is 0. The lowest BCUT2D eigenvalue weighted by molar-refractivity contribution is -0.122. The Hall–Kier alpha value is -1.35. The molecule has 1 aliphatic carbocycles. The van der Waals surface area contributed by atoms with Crippen molar-refractivity contribution in [2.45, 2.75) is 45.1 Å². The lowest BCUT2D eigenvalue weighted by Gasteiger charge is -2.37. The maximum absolute atomic E-state index is 12.3. The van der Waals surface area contributed by atoms with Crippen molar-refractivity contribution in [2.24, 2.45) is 11.7 Å².